The fourth-order valence-electron chi connectivity index (χ4n) is 8.32. The molecule has 5 nitrogen and oxygen atoms in total. The molecule has 68 heavy (non-hydrogen) atoms. The topological polar surface area (TPSA) is 72.8 Å². The zero-order valence-electron chi connectivity index (χ0n) is 44.9. The molecule has 0 aromatic heterocycles. The van der Waals surface area contributed by atoms with Gasteiger partial charge in [0.1, 0.15) is 6.61 Å². The minimum Gasteiger partial charge on any atom is -0.462 e. The van der Waals surface area contributed by atoms with Crippen molar-refractivity contribution in [3.63, 3.8) is 0 Å². The van der Waals surface area contributed by atoms with Gasteiger partial charge in [-0.1, -0.05) is 266 Å². The van der Waals surface area contributed by atoms with E-state index in [0.29, 0.717) is 12.8 Å². The molecule has 0 heterocycles. The van der Waals surface area contributed by atoms with Crippen molar-refractivity contribution in [2.45, 2.75) is 290 Å². The Morgan fingerprint density at radius 1 is 0.353 bits per heavy atom. The summed E-state index contributed by atoms with van der Waals surface area (Å²) in [6, 6.07) is 0. The quantitative estimate of drug-likeness (QED) is 0.0374. The highest BCUT2D eigenvalue weighted by Gasteiger charge is 2.16. The summed E-state index contributed by atoms with van der Waals surface area (Å²) >= 11 is 0. The molecule has 5 heteroatoms. The first-order valence-electron chi connectivity index (χ1n) is 29.1. The molecule has 0 aromatic rings. The first-order valence-corrected chi connectivity index (χ1v) is 29.1. The summed E-state index contributed by atoms with van der Waals surface area (Å²) in [5, 5.41) is 9.66. The third kappa shape index (κ3) is 55.7. The molecule has 1 unspecified atom stereocenters. The van der Waals surface area contributed by atoms with Crippen LogP contribution in [-0.4, -0.2) is 36.4 Å². The van der Waals surface area contributed by atoms with E-state index in [1.165, 1.54) is 180 Å². The SMILES string of the molecule is CC/C=C\C/C=C\C/C=C\C/C=C\CCCCCCCCCCCCC(=O)OC(CO)COC(=O)CCCCCCCCCCCCCCCCCC/C=C\C/C=C\C/C=C\CCCCCCC. The molecule has 0 aliphatic rings. The van der Waals surface area contributed by atoms with Crippen LogP contribution >= 0.6 is 0 Å². The number of carbonyl (C=O) groups excluding carboxylic acids is 2. The van der Waals surface area contributed by atoms with Gasteiger partial charge < -0.3 is 14.6 Å². The van der Waals surface area contributed by atoms with Gasteiger partial charge in [0.15, 0.2) is 6.10 Å². The van der Waals surface area contributed by atoms with Crippen molar-refractivity contribution in [3.05, 3.63) is 85.1 Å². The van der Waals surface area contributed by atoms with E-state index in [2.05, 4.69) is 98.9 Å². The van der Waals surface area contributed by atoms with E-state index in [-0.39, 0.29) is 25.2 Å². The zero-order chi connectivity index (χ0) is 49.2. The number of esters is 2. The predicted molar refractivity (Wildman–Crippen MR) is 297 cm³/mol. The molecule has 0 rings (SSSR count). The van der Waals surface area contributed by atoms with E-state index < -0.39 is 6.10 Å². The number of hydrogen-bond donors (Lipinski definition) is 1. The lowest BCUT2D eigenvalue weighted by Crippen LogP contribution is -2.28. The Bertz CT molecular complexity index is 1250. The van der Waals surface area contributed by atoms with Crippen LogP contribution in [0.1, 0.15) is 284 Å². The molecule has 0 amide bonds. The summed E-state index contributed by atoms with van der Waals surface area (Å²) in [5.41, 5.74) is 0. The van der Waals surface area contributed by atoms with Crippen molar-refractivity contribution in [3.8, 4) is 0 Å². The van der Waals surface area contributed by atoms with E-state index >= 15 is 0 Å². The highest BCUT2D eigenvalue weighted by Crippen LogP contribution is 2.16. The lowest BCUT2D eigenvalue weighted by Gasteiger charge is -2.15. The van der Waals surface area contributed by atoms with Gasteiger partial charge in [0.2, 0.25) is 0 Å². The van der Waals surface area contributed by atoms with Crippen LogP contribution in [0.3, 0.4) is 0 Å². The van der Waals surface area contributed by atoms with Crippen molar-refractivity contribution in [1.29, 1.82) is 0 Å². The molecular weight excluding hydrogens is 837 g/mol. The number of hydrogen-bond acceptors (Lipinski definition) is 5. The Kier molecular flexibility index (Phi) is 55.9. The van der Waals surface area contributed by atoms with Gasteiger partial charge in [-0.2, -0.15) is 0 Å². The Balaban J connectivity index is 3.48. The van der Waals surface area contributed by atoms with Crippen molar-refractivity contribution in [2.75, 3.05) is 13.2 Å². The van der Waals surface area contributed by atoms with Crippen molar-refractivity contribution < 1.29 is 24.2 Å². The van der Waals surface area contributed by atoms with Crippen LogP contribution in [-0.2, 0) is 19.1 Å². The molecule has 1 atom stereocenters. The highest BCUT2D eigenvalue weighted by molar-refractivity contribution is 5.70. The molecule has 0 aliphatic heterocycles. The van der Waals surface area contributed by atoms with Crippen LogP contribution in [0, 0.1) is 0 Å². The number of aliphatic hydroxyl groups is 1. The number of rotatable bonds is 53. The van der Waals surface area contributed by atoms with Gasteiger partial charge >= 0.3 is 11.9 Å². The third-order valence-electron chi connectivity index (χ3n) is 12.7. The van der Waals surface area contributed by atoms with E-state index in [1.54, 1.807) is 0 Å². The lowest BCUT2D eigenvalue weighted by atomic mass is 10.0. The Hall–Kier alpha value is -2.92. The average molecular weight is 948 g/mol. The fourth-order valence-corrected chi connectivity index (χ4v) is 8.32. The maximum atomic E-state index is 12.3. The van der Waals surface area contributed by atoms with Crippen molar-refractivity contribution in [2.24, 2.45) is 0 Å². The van der Waals surface area contributed by atoms with E-state index in [0.717, 1.165) is 77.0 Å². The van der Waals surface area contributed by atoms with Crippen molar-refractivity contribution in [1.82, 2.24) is 0 Å². The molecule has 0 saturated heterocycles. The minimum absolute atomic E-state index is 0.0691. The number of ether oxygens (including phenoxy) is 2. The van der Waals surface area contributed by atoms with Crippen LogP contribution in [0.15, 0.2) is 85.1 Å². The molecule has 0 radical (unpaired) electrons. The van der Waals surface area contributed by atoms with Gasteiger partial charge in [0.25, 0.3) is 0 Å². The summed E-state index contributed by atoms with van der Waals surface area (Å²) in [6.07, 6.45) is 81.3. The first-order chi connectivity index (χ1) is 33.6. The first kappa shape index (κ1) is 65.1. The largest absolute Gasteiger partial charge is 0.462 e. The van der Waals surface area contributed by atoms with E-state index in [4.69, 9.17) is 9.47 Å². The molecule has 0 bridgehead atoms. The molecule has 0 aliphatic carbocycles. The Morgan fingerprint density at radius 2 is 0.632 bits per heavy atom. The van der Waals surface area contributed by atoms with Gasteiger partial charge in [-0.15, -0.1) is 0 Å². The third-order valence-corrected chi connectivity index (χ3v) is 12.7. The maximum Gasteiger partial charge on any atom is 0.306 e. The second-order valence-corrected chi connectivity index (χ2v) is 19.3. The maximum absolute atomic E-state index is 12.3. The van der Waals surface area contributed by atoms with Gasteiger partial charge in [-0.25, -0.2) is 0 Å². The number of unbranched alkanes of at least 4 members (excludes halogenated alkanes) is 31. The second-order valence-electron chi connectivity index (χ2n) is 19.3. The molecule has 0 saturated carbocycles. The normalized spacial score (nSPS) is 12.8. The average Bonchev–Trinajstić information content (AvgIpc) is 3.34. The van der Waals surface area contributed by atoms with Crippen LogP contribution < -0.4 is 0 Å². The van der Waals surface area contributed by atoms with Crippen molar-refractivity contribution >= 4 is 11.9 Å². The summed E-state index contributed by atoms with van der Waals surface area (Å²) in [5.74, 6) is -0.590. The van der Waals surface area contributed by atoms with E-state index in [1.807, 2.05) is 0 Å². The number of allylic oxidation sites excluding steroid dienone is 14. The van der Waals surface area contributed by atoms with E-state index in [9.17, 15) is 14.7 Å². The van der Waals surface area contributed by atoms with Crippen LogP contribution in [0.4, 0.5) is 0 Å². The molecule has 0 spiro atoms. The Labute approximate surface area is 422 Å². The monoisotopic (exact) mass is 947 g/mol. The summed E-state index contributed by atoms with van der Waals surface area (Å²) in [4.78, 5) is 24.5. The molecular formula is C63H110O5. The predicted octanol–water partition coefficient (Wildman–Crippen LogP) is 19.8. The zero-order valence-corrected chi connectivity index (χ0v) is 44.9. The smallest absolute Gasteiger partial charge is 0.306 e. The van der Waals surface area contributed by atoms with Gasteiger partial charge in [0.05, 0.1) is 6.61 Å². The van der Waals surface area contributed by atoms with Crippen LogP contribution in [0.2, 0.25) is 0 Å². The van der Waals surface area contributed by atoms with Gasteiger partial charge in [0, 0.05) is 12.8 Å². The Morgan fingerprint density at radius 3 is 0.956 bits per heavy atom. The second kappa shape index (κ2) is 58.4. The summed E-state index contributed by atoms with van der Waals surface area (Å²) in [7, 11) is 0. The minimum atomic E-state index is -0.779. The number of aliphatic hydroxyl groups excluding tert-OH is 1. The number of carbonyl (C=O) groups is 2. The molecule has 0 aromatic carbocycles. The molecule has 1 N–H and O–H groups in total. The summed E-state index contributed by atoms with van der Waals surface area (Å²) < 4.78 is 10.7. The van der Waals surface area contributed by atoms with Gasteiger partial charge in [-0.3, -0.25) is 9.59 Å². The fraction of sp³-hybridized carbons (Fsp3) is 0.746. The molecule has 0 fully saturated rings. The van der Waals surface area contributed by atoms with Crippen LogP contribution in [0.5, 0.6) is 0 Å². The van der Waals surface area contributed by atoms with Gasteiger partial charge in [-0.05, 0) is 89.9 Å². The standard InChI is InChI=1S/C63H110O5/c1-3-5-7-9-11-13-15-17-19-21-23-25-27-28-29-30-31-32-33-34-36-37-39-41-43-45-47-49-51-53-55-57-62(65)67-60-61(59-64)68-63(66)58-56-54-52-50-48-46-44-42-40-38-35-26-24-22-20-18-16-14-12-10-8-6-4-2/h6,8,12,14-15,17-18,20-21,23-24,26-28,61,64H,3-5,7,9-11,13,16,19,22,25,29-60H2,1-2H3/b8-6-,14-12-,17-15-,20-18-,23-21-,26-24-,28-27-. The summed E-state index contributed by atoms with van der Waals surface area (Å²) in [6.45, 7) is 4.04. The lowest BCUT2D eigenvalue weighted by molar-refractivity contribution is -0.161. The van der Waals surface area contributed by atoms with Crippen LogP contribution in [0.25, 0.3) is 0 Å². The molecule has 392 valence electrons. The highest BCUT2D eigenvalue weighted by atomic mass is 16.6.